The number of carbonyl (C=O) groups is 1. The molecule has 1 atom stereocenters. The fraction of sp³-hybridized carbons (Fsp3) is 0.250. The van der Waals surface area contributed by atoms with Gasteiger partial charge < -0.3 is 4.90 Å². The van der Waals surface area contributed by atoms with Gasteiger partial charge in [0.1, 0.15) is 0 Å². The summed E-state index contributed by atoms with van der Waals surface area (Å²) in [5.74, 6) is 0.0735. The molecule has 1 aliphatic rings. The first kappa shape index (κ1) is 13.1. The summed E-state index contributed by atoms with van der Waals surface area (Å²) in [5, 5.41) is 0.671. The van der Waals surface area contributed by atoms with E-state index in [1.165, 1.54) is 0 Å². The highest BCUT2D eigenvalue weighted by Crippen LogP contribution is 2.33. The van der Waals surface area contributed by atoms with Crippen LogP contribution in [0.4, 0.5) is 0 Å². The van der Waals surface area contributed by atoms with Crippen LogP contribution in [0.1, 0.15) is 12.0 Å². The predicted octanol–water partition coefficient (Wildman–Crippen LogP) is 4.07. The van der Waals surface area contributed by atoms with Crippen molar-refractivity contribution in [3.8, 4) is 0 Å². The topological polar surface area (TPSA) is 20.3 Å². The molecule has 5 heteroatoms. The Kier molecular flexibility index (Phi) is 3.95. The van der Waals surface area contributed by atoms with Crippen LogP contribution in [0.3, 0.4) is 0 Å². The molecule has 2 rings (SSSR count). The van der Waals surface area contributed by atoms with Crippen LogP contribution in [0.5, 0.6) is 0 Å². The van der Waals surface area contributed by atoms with E-state index >= 15 is 0 Å². The Hall–Kier alpha value is -0.320. The van der Waals surface area contributed by atoms with Crippen molar-refractivity contribution in [1.82, 2.24) is 4.90 Å². The molecule has 1 aromatic rings. The van der Waals surface area contributed by atoms with Crippen molar-refractivity contribution >= 4 is 55.1 Å². The molecule has 0 saturated carbocycles. The maximum Gasteiger partial charge on any atom is 0.240 e. The highest BCUT2D eigenvalue weighted by atomic mass is 79.9. The Morgan fingerprint density at radius 3 is 2.82 bits per heavy atom. The summed E-state index contributed by atoms with van der Waals surface area (Å²) in [7, 11) is 1.78. The minimum atomic E-state index is -0.123. The summed E-state index contributed by atoms with van der Waals surface area (Å²) in [6.07, 6.45) is 2.75. The summed E-state index contributed by atoms with van der Waals surface area (Å²) in [5.41, 5.74) is 1.89. The highest BCUT2D eigenvalue weighted by Gasteiger charge is 2.27. The highest BCUT2D eigenvalue weighted by molar-refractivity contribution is 9.10. The number of carbonyl (C=O) groups excluding carboxylic acids is 1. The summed E-state index contributed by atoms with van der Waals surface area (Å²) >= 11 is 12.7. The summed E-state index contributed by atoms with van der Waals surface area (Å²) in [6, 6.07) is 5.56. The summed E-state index contributed by atoms with van der Waals surface area (Å²) in [6.45, 7) is 0. The minimum absolute atomic E-state index is 0.0735. The largest absolute Gasteiger partial charge is 0.314 e. The zero-order valence-corrected chi connectivity index (χ0v) is 13.0. The summed E-state index contributed by atoms with van der Waals surface area (Å²) < 4.78 is 0.893. The third-order valence-corrected chi connectivity index (χ3v) is 4.34. The molecule has 1 amide bonds. The van der Waals surface area contributed by atoms with E-state index in [2.05, 4.69) is 37.9 Å². The van der Waals surface area contributed by atoms with Gasteiger partial charge >= 0.3 is 0 Å². The molecule has 0 saturated heterocycles. The molecular weight excluding hydrogens is 369 g/mol. The molecule has 0 fully saturated rings. The number of hydrogen-bond donors (Lipinski definition) is 0. The van der Waals surface area contributed by atoms with E-state index in [-0.39, 0.29) is 10.7 Å². The van der Waals surface area contributed by atoms with Gasteiger partial charge in [0.2, 0.25) is 5.91 Å². The molecule has 0 aliphatic carbocycles. The molecule has 17 heavy (non-hydrogen) atoms. The van der Waals surface area contributed by atoms with Gasteiger partial charge in [0, 0.05) is 27.8 Å². The maximum atomic E-state index is 11.9. The number of benzene rings is 1. The Morgan fingerprint density at radius 2 is 2.18 bits per heavy atom. The van der Waals surface area contributed by atoms with Crippen LogP contribution in [0, 0.1) is 0 Å². The van der Waals surface area contributed by atoms with Crippen LogP contribution in [-0.2, 0) is 4.79 Å². The molecule has 1 unspecified atom stereocenters. The Labute approximate surface area is 122 Å². The van der Waals surface area contributed by atoms with Crippen molar-refractivity contribution in [3.05, 3.63) is 39.3 Å². The standard InChI is InChI=1S/C12H10Br2ClNO/c1-16-11(5-4-9(13)12(16)17)8-3-2-7(15)6-10(8)14/h2-3,5-6,9H,4H2,1H3. The molecule has 0 aromatic heterocycles. The molecule has 0 bridgehead atoms. The Bertz CT molecular complexity index is 501. The van der Waals surface area contributed by atoms with E-state index in [0.29, 0.717) is 11.4 Å². The Morgan fingerprint density at radius 1 is 1.47 bits per heavy atom. The monoisotopic (exact) mass is 377 g/mol. The quantitative estimate of drug-likeness (QED) is 0.674. The molecule has 1 aliphatic heterocycles. The number of halogens is 3. The lowest BCUT2D eigenvalue weighted by atomic mass is 10.1. The number of nitrogens with zero attached hydrogens (tertiary/aromatic N) is 1. The van der Waals surface area contributed by atoms with Gasteiger partial charge in [-0.3, -0.25) is 4.79 Å². The minimum Gasteiger partial charge on any atom is -0.314 e. The maximum absolute atomic E-state index is 11.9. The van der Waals surface area contributed by atoms with Crippen molar-refractivity contribution < 1.29 is 4.79 Å². The second-order valence-electron chi connectivity index (χ2n) is 3.81. The number of allylic oxidation sites excluding steroid dienone is 1. The zero-order chi connectivity index (χ0) is 12.6. The van der Waals surface area contributed by atoms with Crippen LogP contribution >= 0.6 is 43.5 Å². The fourth-order valence-corrected chi connectivity index (χ4v) is 3.15. The first-order valence-electron chi connectivity index (χ1n) is 5.08. The van der Waals surface area contributed by atoms with Gasteiger partial charge in [0.15, 0.2) is 0 Å². The predicted molar refractivity (Wildman–Crippen MR) is 77.2 cm³/mol. The van der Waals surface area contributed by atoms with Gasteiger partial charge in [-0.2, -0.15) is 0 Å². The number of hydrogen-bond acceptors (Lipinski definition) is 1. The number of alkyl halides is 1. The third kappa shape index (κ3) is 2.59. The lowest BCUT2D eigenvalue weighted by Gasteiger charge is -2.28. The third-order valence-electron chi connectivity index (χ3n) is 2.69. The smallest absolute Gasteiger partial charge is 0.240 e. The van der Waals surface area contributed by atoms with Crippen molar-refractivity contribution in [3.63, 3.8) is 0 Å². The first-order valence-corrected chi connectivity index (χ1v) is 7.16. The molecular formula is C12H10Br2ClNO. The second kappa shape index (κ2) is 5.12. The van der Waals surface area contributed by atoms with Gasteiger partial charge in [-0.05, 0) is 18.6 Å². The fourth-order valence-electron chi connectivity index (χ4n) is 1.77. The second-order valence-corrected chi connectivity index (χ2v) is 6.21. The van der Waals surface area contributed by atoms with Gasteiger partial charge in [-0.15, -0.1) is 0 Å². The van der Waals surface area contributed by atoms with Crippen LogP contribution in [0.15, 0.2) is 28.7 Å². The number of rotatable bonds is 1. The van der Waals surface area contributed by atoms with Crippen LogP contribution in [0.25, 0.3) is 5.70 Å². The SMILES string of the molecule is CN1C(=O)C(Br)CC=C1c1ccc(Cl)cc1Br. The van der Waals surface area contributed by atoms with Gasteiger partial charge in [-0.25, -0.2) is 0 Å². The van der Waals surface area contributed by atoms with Gasteiger partial charge in [-0.1, -0.05) is 55.6 Å². The zero-order valence-electron chi connectivity index (χ0n) is 9.08. The van der Waals surface area contributed by atoms with Crippen molar-refractivity contribution in [1.29, 1.82) is 0 Å². The van der Waals surface area contributed by atoms with E-state index < -0.39 is 0 Å². The van der Waals surface area contributed by atoms with Crippen molar-refractivity contribution in [2.45, 2.75) is 11.2 Å². The molecule has 2 nitrogen and oxygen atoms in total. The lowest BCUT2D eigenvalue weighted by Crippen LogP contribution is -2.35. The molecule has 1 heterocycles. The average molecular weight is 379 g/mol. The molecule has 0 radical (unpaired) electrons. The Balaban J connectivity index is 2.43. The van der Waals surface area contributed by atoms with Crippen LogP contribution < -0.4 is 0 Å². The van der Waals surface area contributed by atoms with E-state index in [9.17, 15) is 4.79 Å². The van der Waals surface area contributed by atoms with Crippen molar-refractivity contribution in [2.24, 2.45) is 0 Å². The lowest BCUT2D eigenvalue weighted by molar-refractivity contribution is -0.126. The van der Waals surface area contributed by atoms with E-state index in [1.54, 1.807) is 11.9 Å². The molecule has 0 N–H and O–H groups in total. The molecule has 90 valence electrons. The van der Waals surface area contributed by atoms with E-state index in [1.807, 2.05) is 18.2 Å². The van der Waals surface area contributed by atoms with E-state index in [4.69, 9.17) is 11.6 Å². The van der Waals surface area contributed by atoms with Crippen LogP contribution in [-0.4, -0.2) is 22.7 Å². The van der Waals surface area contributed by atoms with Gasteiger partial charge in [0.25, 0.3) is 0 Å². The van der Waals surface area contributed by atoms with Crippen LogP contribution in [0.2, 0.25) is 5.02 Å². The number of amides is 1. The van der Waals surface area contributed by atoms with Crippen molar-refractivity contribution in [2.75, 3.05) is 7.05 Å². The molecule has 1 aromatic carbocycles. The van der Waals surface area contributed by atoms with Gasteiger partial charge in [0.05, 0.1) is 4.83 Å². The summed E-state index contributed by atoms with van der Waals surface area (Å²) in [4.78, 5) is 13.4. The normalized spacial score (nSPS) is 20.5. The average Bonchev–Trinajstić information content (AvgIpc) is 2.28. The van der Waals surface area contributed by atoms with E-state index in [0.717, 1.165) is 15.7 Å². The molecule has 0 spiro atoms. The first-order chi connectivity index (χ1) is 8.00.